The van der Waals surface area contributed by atoms with Crippen LogP contribution in [-0.2, 0) is 10.8 Å². The molecule has 0 heterocycles. The molecule has 5 aliphatic carbocycles. The molecule has 70 heavy (non-hydrogen) atoms. The maximum atomic E-state index is 2.48. The zero-order chi connectivity index (χ0) is 46.2. The zero-order valence-electron chi connectivity index (χ0n) is 39.5. The average Bonchev–Trinajstić information content (AvgIpc) is 3.72. The highest BCUT2D eigenvalue weighted by Gasteiger charge is 2.51. The van der Waals surface area contributed by atoms with E-state index < -0.39 is 5.41 Å². The number of rotatable bonds is 9. The van der Waals surface area contributed by atoms with Gasteiger partial charge in [0.2, 0.25) is 0 Å². The van der Waals surface area contributed by atoms with Gasteiger partial charge in [-0.1, -0.05) is 206 Å². The highest BCUT2D eigenvalue weighted by molar-refractivity contribution is 6.06. The first-order valence-corrected chi connectivity index (χ1v) is 25.7. The summed E-state index contributed by atoms with van der Waals surface area (Å²) in [4.78, 5) is 2.45. The Morgan fingerprint density at radius 2 is 0.757 bits per heavy atom. The first kappa shape index (κ1) is 41.3. The first-order chi connectivity index (χ1) is 34.6. The van der Waals surface area contributed by atoms with Crippen LogP contribution in [0.25, 0.3) is 55.3 Å². The van der Waals surface area contributed by atoms with Gasteiger partial charge in [0.1, 0.15) is 0 Å². The van der Waals surface area contributed by atoms with Crippen molar-refractivity contribution in [2.75, 3.05) is 4.90 Å². The molecule has 4 bridgehead atoms. The second-order valence-corrected chi connectivity index (χ2v) is 21.0. The number of anilines is 3. The second-order valence-electron chi connectivity index (χ2n) is 21.0. The van der Waals surface area contributed by atoms with Gasteiger partial charge in [-0.15, -0.1) is 0 Å². The largest absolute Gasteiger partial charge is 0.310 e. The van der Waals surface area contributed by atoms with E-state index in [2.05, 4.69) is 248 Å². The van der Waals surface area contributed by atoms with Crippen molar-refractivity contribution < 1.29 is 0 Å². The van der Waals surface area contributed by atoms with Crippen LogP contribution in [0.5, 0.6) is 0 Å². The van der Waals surface area contributed by atoms with Crippen LogP contribution < -0.4 is 4.90 Å². The Morgan fingerprint density at radius 3 is 1.33 bits per heavy atom. The Bertz CT molecular complexity index is 3460. The molecule has 336 valence electrons. The van der Waals surface area contributed by atoms with Crippen LogP contribution in [0.3, 0.4) is 0 Å². The van der Waals surface area contributed by atoms with Gasteiger partial charge >= 0.3 is 0 Å². The van der Waals surface area contributed by atoms with E-state index in [1.54, 1.807) is 5.56 Å². The lowest BCUT2D eigenvalue weighted by Crippen LogP contribution is -2.48. The number of hydrogen-bond acceptors (Lipinski definition) is 1. The number of nitrogens with zero attached hydrogens (tertiary/aromatic N) is 1. The van der Waals surface area contributed by atoms with Crippen molar-refractivity contribution >= 4 is 27.8 Å². The fraction of sp³-hybridized carbons (Fsp3) is 0.159. The van der Waals surface area contributed by atoms with E-state index in [1.165, 1.54) is 116 Å². The van der Waals surface area contributed by atoms with Crippen molar-refractivity contribution in [3.05, 3.63) is 270 Å². The number of benzene rings is 10. The SMILES string of the molecule is c1ccc(-c2cccc3cccc(-c4ccc(N(c5ccc(-c6ccc(C78CC9CC(CC(C9)C7)C8)cc6)cc5)c5ccc6c(c5)-c5ccccc5C6(c5ccccc5)c5ccccc5)cc4)c23)cc1. The molecule has 0 saturated heterocycles. The van der Waals surface area contributed by atoms with E-state index in [0.717, 1.165) is 34.8 Å². The summed E-state index contributed by atoms with van der Waals surface area (Å²) in [6.07, 6.45) is 8.62. The Labute approximate surface area is 412 Å². The van der Waals surface area contributed by atoms with Gasteiger partial charge in [-0.25, -0.2) is 0 Å². The lowest BCUT2D eigenvalue weighted by Gasteiger charge is -2.57. The lowest BCUT2D eigenvalue weighted by atomic mass is 9.48. The summed E-state index contributed by atoms with van der Waals surface area (Å²) in [5.74, 6) is 2.83. The van der Waals surface area contributed by atoms with E-state index >= 15 is 0 Å². The molecule has 0 spiro atoms. The maximum Gasteiger partial charge on any atom is 0.0713 e. The Balaban J connectivity index is 0.885. The molecule has 0 unspecified atom stereocenters. The molecule has 4 saturated carbocycles. The summed E-state index contributed by atoms with van der Waals surface area (Å²) in [6, 6.07) is 91.0. The fourth-order valence-electron chi connectivity index (χ4n) is 14.5. The standard InChI is InChI=1S/C69H55N/c1-4-14-52(15-5-1)61-23-12-16-54-17-13-24-62(67(54)61)53-30-36-59(37-31-53)70(58-34-28-51(29-35-58)50-26-32-55(33-27-50)68-44-47-40-48(45-68)42-49(41-47)46-68)60-38-39-66-64(43-60)63-22-10-11-25-65(63)69(66,56-18-6-2-7-19-56)57-20-8-3-9-21-57/h1-39,43,47-49H,40-42,44-46H2. The van der Waals surface area contributed by atoms with Gasteiger partial charge in [0.25, 0.3) is 0 Å². The molecule has 0 radical (unpaired) electrons. The minimum absolute atomic E-state index is 0.406. The summed E-state index contributed by atoms with van der Waals surface area (Å²) in [5.41, 5.74) is 20.1. The van der Waals surface area contributed by atoms with Gasteiger partial charge in [0, 0.05) is 17.1 Å². The monoisotopic (exact) mass is 897 g/mol. The van der Waals surface area contributed by atoms with Crippen molar-refractivity contribution in [1.29, 1.82) is 0 Å². The van der Waals surface area contributed by atoms with E-state index in [1.807, 2.05) is 0 Å². The third-order valence-corrected chi connectivity index (χ3v) is 17.1. The third kappa shape index (κ3) is 6.59. The zero-order valence-corrected chi connectivity index (χ0v) is 39.5. The van der Waals surface area contributed by atoms with E-state index in [0.29, 0.717) is 5.41 Å². The summed E-state index contributed by atoms with van der Waals surface area (Å²) >= 11 is 0. The molecule has 0 aliphatic heterocycles. The van der Waals surface area contributed by atoms with E-state index in [9.17, 15) is 0 Å². The normalized spacial score (nSPS) is 20.3. The quantitative estimate of drug-likeness (QED) is 0.140. The van der Waals surface area contributed by atoms with Crippen molar-refractivity contribution in [2.45, 2.75) is 49.4 Å². The van der Waals surface area contributed by atoms with Crippen LogP contribution in [0.15, 0.2) is 243 Å². The molecule has 5 aliphatic rings. The second kappa shape index (κ2) is 16.5. The Kier molecular flexibility index (Phi) is 9.70. The van der Waals surface area contributed by atoms with Crippen LogP contribution in [0, 0.1) is 17.8 Å². The van der Waals surface area contributed by atoms with Crippen molar-refractivity contribution in [2.24, 2.45) is 17.8 Å². The van der Waals surface area contributed by atoms with Gasteiger partial charge < -0.3 is 4.90 Å². The van der Waals surface area contributed by atoms with Crippen LogP contribution in [0.4, 0.5) is 17.1 Å². The Hall–Kier alpha value is -7.74. The van der Waals surface area contributed by atoms with E-state index in [-0.39, 0.29) is 0 Å². The van der Waals surface area contributed by atoms with Crippen LogP contribution in [0.2, 0.25) is 0 Å². The predicted molar refractivity (Wildman–Crippen MR) is 292 cm³/mol. The number of hydrogen-bond donors (Lipinski definition) is 0. The summed E-state index contributed by atoms with van der Waals surface area (Å²) in [7, 11) is 0. The first-order valence-electron chi connectivity index (χ1n) is 25.7. The third-order valence-electron chi connectivity index (χ3n) is 17.1. The molecular formula is C69H55N. The lowest BCUT2D eigenvalue weighted by molar-refractivity contribution is -0.00518. The van der Waals surface area contributed by atoms with Crippen molar-refractivity contribution in [1.82, 2.24) is 0 Å². The Morgan fingerprint density at radius 1 is 0.314 bits per heavy atom. The number of fused-ring (bicyclic) bond motifs is 4. The van der Waals surface area contributed by atoms with Gasteiger partial charge in [0.05, 0.1) is 5.41 Å². The molecule has 1 nitrogen and oxygen atoms in total. The molecule has 0 N–H and O–H groups in total. The molecule has 15 rings (SSSR count). The van der Waals surface area contributed by atoms with Crippen molar-refractivity contribution in [3.63, 3.8) is 0 Å². The van der Waals surface area contributed by atoms with Crippen LogP contribution in [-0.4, -0.2) is 0 Å². The van der Waals surface area contributed by atoms with Gasteiger partial charge in [-0.3, -0.25) is 0 Å². The van der Waals surface area contributed by atoms with Crippen LogP contribution in [0.1, 0.15) is 66.3 Å². The molecule has 10 aromatic carbocycles. The van der Waals surface area contributed by atoms with Gasteiger partial charge in [-0.05, 0) is 181 Å². The minimum atomic E-state index is -0.455. The molecule has 0 aromatic heterocycles. The predicted octanol–water partition coefficient (Wildman–Crippen LogP) is 18.1. The fourth-order valence-corrected chi connectivity index (χ4v) is 14.5. The molecule has 10 aromatic rings. The highest BCUT2D eigenvalue weighted by Crippen LogP contribution is 2.61. The molecule has 0 amide bonds. The van der Waals surface area contributed by atoms with Crippen LogP contribution >= 0.6 is 0 Å². The van der Waals surface area contributed by atoms with Gasteiger partial charge in [0.15, 0.2) is 0 Å². The smallest absolute Gasteiger partial charge is 0.0713 e. The topological polar surface area (TPSA) is 3.24 Å². The van der Waals surface area contributed by atoms with Crippen molar-refractivity contribution in [3.8, 4) is 44.5 Å². The maximum absolute atomic E-state index is 2.48. The average molecular weight is 898 g/mol. The molecule has 4 fully saturated rings. The minimum Gasteiger partial charge on any atom is -0.310 e. The molecule has 0 atom stereocenters. The summed E-state index contributed by atoms with van der Waals surface area (Å²) < 4.78 is 0. The van der Waals surface area contributed by atoms with E-state index in [4.69, 9.17) is 0 Å². The van der Waals surface area contributed by atoms with Gasteiger partial charge in [-0.2, -0.15) is 0 Å². The summed E-state index contributed by atoms with van der Waals surface area (Å²) in [6.45, 7) is 0. The summed E-state index contributed by atoms with van der Waals surface area (Å²) in [5, 5.41) is 2.52. The highest BCUT2D eigenvalue weighted by atomic mass is 15.1. The molecular weight excluding hydrogens is 843 g/mol. The molecule has 1 heteroatoms.